The summed E-state index contributed by atoms with van der Waals surface area (Å²) in [6, 6.07) is 7.06. The second kappa shape index (κ2) is 11.9. The molecule has 1 fully saturated rings. The van der Waals surface area contributed by atoms with Gasteiger partial charge in [-0.1, -0.05) is 19.1 Å². The zero-order chi connectivity index (χ0) is 19.0. The molecule has 1 saturated heterocycles. The summed E-state index contributed by atoms with van der Waals surface area (Å²) in [5.41, 5.74) is 1.10. The monoisotopic (exact) mass is 508 g/mol. The van der Waals surface area contributed by atoms with E-state index < -0.39 is 9.84 Å². The van der Waals surface area contributed by atoms with Gasteiger partial charge in [-0.05, 0) is 56.0 Å². The fourth-order valence-corrected chi connectivity index (χ4v) is 3.82. The molecule has 1 aromatic rings. The Hall–Kier alpha value is -0.870. The van der Waals surface area contributed by atoms with Crippen molar-refractivity contribution in [3.05, 3.63) is 29.8 Å². The van der Waals surface area contributed by atoms with E-state index in [1.807, 2.05) is 12.1 Å². The smallest absolute Gasteiger partial charge is 0.190 e. The largest absolute Gasteiger partial charge is 0.356 e. The number of rotatable bonds is 8. The van der Waals surface area contributed by atoms with Crippen LogP contribution in [0.3, 0.4) is 0 Å². The van der Waals surface area contributed by atoms with Crippen molar-refractivity contribution in [1.82, 2.24) is 15.5 Å². The van der Waals surface area contributed by atoms with Gasteiger partial charge >= 0.3 is 0 Å². The highest BCUT2D eigenvalue weighted by Crippen LogP contribution is 2.11. The SMILES string of the molecule is CN=C(NCCc1ccc(S(C)(=O)=O)cc1)NCC(C)CN1CCCC1.I. The minimum absolute atomic E-state index is 0. The van der Waals surface area contributed by atoms with E-state index in [0.29, 0.717) is 10.8 Å². The van der Waals surface area contributed by atoms with Gasteiger partial charge in [0, 0.05) is 32.9 Å². The van der Waals surface area contributed by atoms with Crippen molar-refractivity contribution in [2.45, 2.75) is 31.1 Å². The summed E-state index contributed by atoms with van der Waals surface area (Å²) in [4.78, 5) is 7.16. The van der Waals surface area contributed by atoms with Gasteiger partial charge in [-0.3, -0.25) is 4.99 Å². The van der Waals surface area contributed by atoms with Crippen LogP contribution in [0.2, 0.25) is 0 Å². The van der Waals surface area contributed by atoms with E-state index in [1.54, 1.807) is 19.2 Å². The Morgan fingerprint density at radius 2 is 1.81 bits per heavy atom. The second-order valence-corrected chi connectivity index (χ2v) is 9.17. The molecule has 1 aromatic carbocycles. The molecule has 1 heterocycles. The van der Waals surface area contributed by atoms with Crippen LogP contribution in [0.15, 0.2) is 34.2 Å². The lowest BCUT2D eigenvalue weighted by atomic mass is 10.1. The molecule has 27 heavy (non-hydrogen) atoms. The lowest BCUT2D eigenvalue weighted by Crippen LogP contribution is -2.42. The number of halogens is 1. The standard InChI is InChI=1S/C19H32N4O2S.HI/c1-16(15-23-12-4-5-13-23)14-22-19(20-2)21-11-10-17-6-8-18(9-7-17)26(3,24)25;/h6-9,16H,4-5,10-15H2,1-3H3,(H2,20,21,22);1H. The zero-order valence-corrected chi connectivity index (χ0v) is 19.7. The summed E-state index contributed by atoms with van der Waals surface area (Å²) in [7, 11) is -1.35. The zero-order valence-electron chi connectivity index (χ0n) is 16.6. The number of likely N-dealkylation sites (tertiary alicyclic amines) is 1. The molecule has 0 amide bonds. The Morgan fingerprint density at radius 1 is 1.19 bits per heavy atom. The molecule has 2 N–H and O–H groups in total. The molecule has 0 spiro atoms. The molecule has 6 nitrogen and oxygen atoms in total. The maximum Gasteiger partial charge on any atom is 0.190 e. The maximum absolute atomic E-state index is 11.5. The summed E-state index contributed by atoms with van der Waals surface area (Å²) in [5, 5.41) is 6.71. The van der Waals surface area contributed by atoms with E-state index in [2.05, 4.69) is 27.4 Å². The molecule has 1 atom stereocenters. The van der Waals surface area contributed by atoms with Gasteiger partial charge in [0.2, 0.25) is 0 Å². The van der Waals surface area contributed by atoms with Gasteiger partial charge < -0.3 is 15.5 Å². The van der Waals surface area contributed by atoms with Gasteiger partial charge in [0.05, 0.1) is 4.90 Å². The van der Waals surface area contributed by atoms with Crippen LogP contribution in [0, 0.1) is 5.92 Å². The Balaban J connectivity index is 0.00000364. The minimum Gasteiger partial charge on any atom is -0.356 e. The van der Waals surface area contributed by atoms with Crippen LogP contribution in [0.4, 0.5) is 0 Å². The van der Waals surface area contributed by atoms with E-state index in [9.17, 15) is 8.42 Å². The van der Waals surface area contributed by atoms with Gasteiger partial charge in [-0.2, -0.15) is 0 Å². The first kappa shape index (κ1) is 24.2. The second-order valence-electron chi connectivity index (χ2n) is 7.16. The third-order valence-corrected chi connectivity index (χ3v) is 5.80. The first-order valence-electron chi connectivity index (χ1n) is 9.34. The Labute approximate surface area is 181 Å². The van der Waals surface area contributed by atoms with Crippen LogP contribution in [-0.2, 0) is 16.3 Å². The topological polar surface area (TPSA) is 73.8 Å². The normalized spacial score (nSPS) is 16.6. The highest BCUT2D eigenvalue weighted by Gasteiger charge is 2.14. The number of aliphatic imine (C=N–C) groups is 1. The molecular weight excluding hydrogens is 475 g/mol. The number of benzene rings is 1. The summed E-state index contributed by atoms with van der Waals surface area (Å²) < 4.78 is 23.0. The van der Waals surface area contributed by atoms with Gasteiger partial charge in [-0.15, -0.1) is 24.0 Å². The Bertz CT molecular complexity index is 686. The molecule has 0 aliphatic carbocycles. The summed E-state index contributed by atoms with van der Waals surface area (Å²) in [6.07, 6.45) is 4.70. The Morgan fingerprint density at radius 3 is 2.37 bits per heavy atom. The van der Waals surface area contributed by atoms with Gasteiger partial charge in [0.15, 0.2) is 15.8 Å². The van der Waals surface area contributed by atoms with E-state index in [-0.39, 0.29) is 24.0 Å². The van der Waals surface area contributed by atoms with Crippen molar-refractivity contribution in [1.29, 1.82) is 0 Å². The number of hydrogen-bond donors (Lipinski definition) is 2. The van der Waals surface area contributed by atoms with E-state index in [1.165, 1.54) is 32.2 Å². The quantitative estimate of drug-likeness (QED) is 0.320. The first-order chi connectivity index (χ1) is 12.4. The first-order valence-corrected chi connectivity index (χ1v) is 11.2. The maximum atomic E-state index is 11.5. The van der Waals surface area contributed by atoms with Crippen LogP contribution in [0.25, 0.3) is 0 Å². The van der Waals surface area contributed by atoms with Gasteiger partial charge in [-0.25, -0.2) is 8.42 Å². The molecular formula is C19H33IN4O2S. The molecule has 0 radical (unpaired) electrons. The molecule has 1 aliphatic rings. The number of hydrogen-bond acceptors (Lipinski definition) is 4. The molecule has 1 unspecified atom stereocenters. The molecule has 8 heteroatoms. The lowest BCUT2D eigenvalue weighted by molar-refractivity contribution is 0.287. The average Bonchev–Trinajstić information content (AvgIpc) is 3.10. The highest BCUT2D eigenvalue weighted by molar-refractivity contribution is 14.0. The van der Waals surface area contributed by atoms with Gasteiger partial charge in [0.25, 0.3) is 0 Å². The number of sulfone groups is 1. The van der Waals surface area contributed by atoms with Crippen molar-refractivity contribution in [3.8, 4) is 0 Å². The molecule has 2 rings (SSSR count). The molecule has 1 aliphatic heterocycles. The van der Waals surface area contributed by atoms with Crippen LogP contribution >= 0.6 is 24.0 Å². The summed E-state index contributed by atoms with van der Waals surface area (Å²) in [6.45, 7) is 7.51. The number of nitrogens with one attached hydrogen (secondary N) is 2. The van der Waals surface area contributed by atoms with Crippen LogP contribution in [0.5, 0.6) is 0 Å². The molecule has 154 valence electrons. The third kappa shape index (κ3) is 8.78. The minimum atomic E-state index is -3.13. The molecule has 0 saturated carbocycles. The predicted molar refractivity (Wildman–Crippen MR) is 123 cm³/mol. The fraction of sp³-hybridized carbons (Fsp3) is 0.632. The van der Waals surface area contributed by atoms with E-state index >= 15 is 0 Å². The Kier molecular flexibility index (Phi) is 10.6. The van der Waals surface area contributed by atoms with E-state index in [0.717, 1.165) is 37.6 Å². The average molecular weight is 508 g/mol. The molecule has 0 aromatic heterocycles. The van der Waals surface area contributed by atoms with Crippen LogP contribution in [0.1, 0.15) is 25.3 Å². The molecule has 0 bridgehead atoms. The summed E-state index contributed by atoms with van der Waals surface area (Å²) >= 11 is 0. The third-order valence-electron chi connectivity index (χ3n) is 4.67. The van der Waals surface area contributed by atoms with Crippen LogP contribution < -0.4 is 10.6 Å². The van der Waals surface area contributed by atoms with Crippen LogP contribution in [-0.4, -0.2) is 65.3 Å². The highest BCUT2D eigenvalue weighted by atomic mass is 127. The number of nitrogens with zero attached hydrogens (tertiary/aromatic N) is 2. The number of guanidine groups is 1. The van der Waals surface area contributed by atoms with Crippen molar-refractivity contribution in [3.63, 3.8) is 0 Å². The fourth-order valence-electron chi connectivity index (χ4n) is 3.19. The van der Waals surface area contributed by atoms with Crippen molar-refractivity contribution in [2.75, 3.05) is 46.0 Å². The van der Waals surface area contributed by atoms with Crippen molar-refractivity contribution >= 4 is 39.8 Å². The van der Waals surface area contributed by atoms with Crippen molar-refractivity contribution in [2.24, 2.45) is 10.9 Å². The van der Waals surface area contributed by atoms with E-state index in [4.69, 9.17) is 0 Å². The predicted octanol–water partition coefficient (Wildman–Crippen LogP) is 2.15. The van der Waals surface area contributed by atoms with Crippen molar-refractivity contribution < 1.29 is 8.42 Å². The summed E-state index contributed by atoms with van der Waals surface area (Å²) in [5.74, 6) is 1.39. The van der Waals surface area contributed by atoms with Gasteiger partial charge in [0.1, 0.15) is 0 Å². The lowest BCUT2D eigenvalue weighted by Gasteiger charge is -2.21.